The molecule has 0 saturated carbocycles. The quantitative estimate of drug-likeness (QED) is 0.121. The second-order valence-electron chi connectivity index (χ2n) is 20.4. The summed E-state index contributed by atoms with van der Waals surface area (Å²) in [6.07, 6.45) is 1.15. The van der Waals surface area contributed by atoms with Crippen LogP contribution in [0, 0.1) is 6.17 Å². The largest absolute Gasteiger partial charge is 0.310 e. The first-order valence-electron chi connectivity index (χ1n) is 25.6. The van der Waals surface area contributed by atoms with Crippen molar-refractivity contribution in [2.75, 3.05) is 14.7 Å². The minimum Gasteiger partial charge on any atom is -0.310 e. The molecule has 10 aromatic rings. The third-order valence-electron chi connectivity index (χ3n) is 14.5. The molecule has 1 aromatic heterocycles. The number of hydrogen-bond acceptors (Lipinski definition) is 3. The zero-order chi connectivity index (χ0) is 48.9. The fourth-order valence-electron chi connectivity index (χ4n) is 11.0. The highest BCUT2D eigenvalue weighted by atomic mass is 15.4. The molecule has 0 bridgehead atoms. The summed E-state index contributed by atoms with van der Waals surface area (Å²) < 4.78 is 2.39. The Morgan fingerprint density at radius 2 is 0.732 bits per heavy atom. The second kappa shape index (κ2) is 18.8. The van der Waals surface area contributed by atoms with Gasteiger partial charge in [0.05, 0.1) is 33.8 Å². The normalized spacial score (nSPS) is 12.9. The van der Waals surface area contributed by atoms with Crippen molar-refractivity contribution >= 4 is 61.6 Å². The molecule has 0 unspecified atom stereocenters. The minimum absolute atomic E-state index is 0.309. The van der Waals surface area contributed by atoms with Gasteiger partial charge in [-0.25, -0.2) is 0 Å². The molecule has 1 radical (unpaired) electrons. The molecule has 1 aliphatic heterocycles. The summed E-state index contributed by atoms with van der Waals surface area (Å²) in [4.78, 5) is 7.63. The van der Waals surface area contributed by atoms with Crippen molar-refractivity contribution in [3.63, 3.8) is 0 Å². The van der Waals surface area contributed by atoms with Gasteiger partial charge in [-0.2, -0.15) is 0 Å². The molecule has 0 atom stereocenters. The predicted molar refractivity (Wildman–Crippen MR) is 303 cm³/mol. The Labute approximate surface area is 421 Å². The molecule has 0 amide bonds. The summed E-state index contributed by atoms with van der Waals surface area (Å²) in [6, 6.07) is 78.5. The van der Waals surface area contributed by atoms with Gasteiger partial charge in [-0.05, 0) is 130 Å². The van der Waals surface area contributed by atoms with Crippen LogP contribution in [0.5, 0.6) is 0 Å². The molecular weight excluding hydrogens is 861 g/mol. The average molecular weight is 924 g/mol. The van der Waals surface area contributed by atoms with Crippen LogP contribution >= 0.6 is 0 Å². The number of hydrogen-bond donors (Lipinski definition) is 0. The van der Waals surface area contributed by atoms with E-state index in [2.05, 4.69) is 287 Å². The summed E-state index contributed by atoms with van der Waals surface area (Å²) in [5.41, 5.74) is 20.6. The summed E-state index contributed by atoms with van der Waals surface area (Å²) in [6.45, 7) is 18.7. The molecule has 2 heterocycles. The molecule has 4 nitrogen and oxygen atoms in total. The maximum atomic E-state index is 2.60. The van der Waals surface area contributed by atoms with Crippen LogP contribution in [-0.2, 0) is 0 Å². The average Bonchev–Trinajstić information content (AvgIpc) is 3.92. The molecule has 0 aliphatic carbocycles. The van der Waals surface area contributed by atoms with Crippen molar-refractivity contribution in [3.05, 3.63) is 246 Å². The third-order valence-corrected chi connectivity index (χ3v) is 14.5. The first-order valence-corrected chi connectivity index (χ1v) is 25.6. The van der Waals surface area contributed by atoms with E-state index in [0.717, 1.165) is 34.5 Å². The Hall–Kier alpha value is -7.82. The van der Waals surface area contributed by atoms with Gasteiger partial charge in [0.1, 0.15) is 0 Å². The molecule has 351 valence electrons. The van der Waals surface area contributed by atoms with E-state index in [9.17, 15) is 0 Å². The summed E-state index contributed by atoms with van der Waals surface area (Å²) >= 11 is 0. The van der Waals surface area contributed by atoms with E-state index in [1.54, 1.807) is 0 Å². The monoisotopic (exact) mass is 924 g/mol. The van der Waals surface area contributed by atoms with Crippen LogP contribution in [0.1, 0.15) is 107 Å². The van der Waals surface area contributed by atoms with Crippen molar-refractivity contribution in [2.24, 2.45) is 0 Å². The summed E-state index contributed by atoms with van der Waals surface area (Å²) in [7, 11) is 0. The molecule has 0 fully saturated rings. The third kappa shape index (κ3) is 8.06. The van der Waals surface area contributed by atoms with E-state index in [0.29, 0.717) is 23.7 Å². The van der Waals surface area contributed by atoms with Crippen molar-refractivity contribution in [1.29, 1.82) is 0 Å². The Morgan fingerprint density at radius 3 is 1.24 bits per heavy atom. The topological polar surface area (TPSA) is 14.7 Å². The highest BCUT2D eigenvalue weighted by molar-refractivity contribution is 6.10. The van der Waals surface area contributed by atoms with Gasteiger partial charge in [-0.1, -0.05) is 195 Å². The molecule has 0 saturated heterocycles. The van der Waals surface area contributed by atoms with Crippen LogP contribution in [0.3, 0.4) is 0 Å². The molecule has 0 spiro atoms. The van der Waals surface area contributed by atoms with Gasteiger partial charge in [-0.15, -0.1) is 0 Å². The van der Waals surface area contributed by atoms with Crippen molar-refractivity contribution in [1.82, 2.24) is 4.57 Å². The van der Waals surface area contributed by atoms with Crippen LogP contribution in [0.4, 0.5) is 39.8 Å². The van der Waals surface area contributed by atoms with Crippen LogP contribution in [0.2, 0.25) is 0 Å². The first-order chi connectivity index (χ1) is 34.6. The molecular formula is C67H63N4. The number of fused-ring (bicyclic) bond motifs is 4. The van der Waals surface area contributed by atoms with Gasteiger partial charge < -0.3 is 19.3 Å². The van der Waals surface area contributed by atoms with Crippen LogP contribution in [0.25, 0.3) is 38.6 Å². The molecule has 71 heavy (non-hydrogen) atoms. The lowest BCUT2D eigenvalue weighted by atomic mass is 9.90. The number of rotatable bonds is 12. The maximum absolute atomic E-state index is 2.60. The van der Waals surface area contributed by atoms with E-state index >= 15 is 0 Å². The lowest BCUT2D eigenvalue weighted by Gasteiger charge is -2.37. The number of nitrogens with zero attached hydrogens (tertiary/aromatic N) is 4. The predicted octanol–water partition coefficient (Wildman–Crippen LogP) is 19.2. The van der Waals surface area contributed by atoms with Crippen molar-refractivity contribution in [2.45, 2.75) is 79.1 Å². The molecule has 0 N–H and O–H groups in total. The van der Waals surface area contributed by atoms with Gasteiger partial charge in [0.2, 0.25) is 0 Å². The molecule has 11 rings (SSSR count). The molecule has 4 heteroatoms. The van der Waals surface area contributed by atoms with E-state index in [-0.39, 0.29) is 0 Å². The van der Waals surface area contributed by atoms with E-state index in [4.69, 9.17) is 0 Å². The number of aromatic nitrogens is 1. The second-order valence-corrected chi connectivity index (χ2v) is 20.4. The summed E-state index contributed by atoms with van der Waals surface area (Å²) in [5, 5.41) is 2.44. The number of benzene rings is 9. The highest BCUT2D eigenvalue weighted by Crippen LogP contribution is 2.58. The fourth-order valence-corrected chi connectivity index (χ4v) is 11.0. The molecule has 9 aromatic carbocycles. The van der Waals surface area contributed by atoms with Crippen molar-refractivity contribution in [3.8, 4) is 16.8 Å². The van der Waals surface area contributed by atoms with Gasteiger partial charge in [-0.3, -0.25) is 0 Å². The van der Waals surface area contributed by atoms with Crippen LogP contribution in [-0.4, -0.2) is 4.57 Å². The van der Waals surface area contributed by atoms with Crippen molar-refractivity contribution < 1.29 is 0 Å². The van der Waals surface area contributed by atoms with E-state index < -0.39 is 0 Å². The fraction of sp³-hybridized carbons (Fsp3) is 0.179. The van der Waals surface area contributed by atoms with Gasteiger partial charge in [0.15, 0.2) is 6.17 Å². The zero-order valence-electron chi connectivity index (χ0n) is 42.3. The SMILES string of the molecule is CC(C)c1cccc(C(C)C)c1N1[C](c2ccc(N(c3ccc(-c4ccccc4)cc3)c3ccc4c(c3)c3ccccc3n4-c3ccccc3)cc2)N(c2c(C(C)C)cccc2C(C)C)c2ccccc21. The minimum atomic E-state index is 0.309. The van der Waals surface area contributed by atoms with Gasteiger partial charge >= 0.3 is 0 Å². The first kappa shape index (κ1) is 45.6. The number of para-hydroxylation sites is 6. The Balaban J connectivity index is 1.12. The lowest BCUT2D eigenvalue weighted by molar-refractivity contribution is 0.807. The Kier molecular flexibility index (Phi) is 12.1. The Morgan fingerprint density at radius 1 is 0.324 bits per heavy atom. The Bertz CT molecular complexity index is 3350. The van der Waals surface area contributed by atoms with Crippen LogP contribution in [0.15, 0.2) is 212 Å². The maximum Gasteiger partial charge on any atom is 0.196 e. The van der Waals surface area contributed by atoms with E-state index in [1.165, 1.54) is 77.9 Å². The standard InChI is InChI=1S/C67H63N4/c1-44(2)55-26-19-27-56(45(3)4)65(55)70-63-31-17-18-32-64(63)71(66-57(46(5)6)28-20-29-58(66)47(7)8)67(70)50-35-39-53(40-36-50)68(52-37-33-49(34-38-52)48-21-11-9-12-22-48)54-41-42-62-60(43-54)59-25-15-16-30-61(59)69(62)51-23-13-10-14-24-51/h9-47H,1-8H3. The molecule has 1 aliphatic rings. The lowest BCUT2D eigenvalue weighted by Crippen LogP contribution is -2.33. The van der Waals surface area contributed by atoms with Gasteiger partial charge in [0, 0.05) is 39.1 Å². The smallest absolute Gasteiger partial charge is 0.196 e. The van der Waals surface area contributed by atoms with E-state index in [1.807, 2.05) is 0 Å². The van der Waals surface area contributed by atoms with Gasteiger partial charge in [0.25, 0.3) is 0 Å². The van der Waals surface area contributed by atoms with Crippen LogP contribution < -0.4 is 14.7 Å². The summed E-state index contributed by atoms with van der Waals surface area (Å²) in [5.74, 6) is 1.24. The number of anilines is 7. The highest BCUT2D eigenvalue weighted by Gasteiger charge is 2.44. The zero-order valence-corrected chi connectivity index (χ0v) is 42.3.